The molecule has 0 saturated carbocycles. The average Bonchev–Trinajstić information content (AvgIpc) is 3.30. The van der Waals surface area contributed by atoms with Crippen LogP contribution in [0.15, 0.2) is 41.1 Å². The lowest BCUT2D eigenvalue weighted by Crippen LogP contribution is -2.39. The molecule has 1 aromatic carbocycles. The number of furan rings is 1. The molecule has 5 nitrogen and oxygen atoms in total. The van der Waals surface area contributed by atoms with Crippen molar-refractivity contribution in [3.63, 3.8) is 0 Å². The highest BCUT2D eigenvalue weighted by molar-refractivity contribution is 5.98. The van der Waals surface area contributed by atoms with Gasteiger partial charge in [0.05, 0.1) is 0 Å². The van der Waals surface area contributed by atoms with Crippen molar-refractivity contribution < 1.29 is 9.21 Å². The number of aryl methyl sites for hydroxylation is 2. The summed E-state index contributed by atoms with van der Waals surface area (Å²) in [5.74, 6) is 2.41. The summed E-state index contributed by atoms with van der Waals surface area (Å²) in [5, 5.41) is 0.988. The predicted octanol–water partition coefficient (Wildman–Crippen LogP) is 4.76. The van der Waals surface area contributed by atoms with E-state index in [2.05, 4.69) is 22.7 Å². The lowest BCUT2D eigenvalue weighted by atomic mass is 9.96. The molecule has 1 atom stereocenters. The minimum Gasteiger partial charge on any atom is -0.461 e. The zero-order valence-electron chi connectivity index (χ0n) is 16.1. The van der Waals surface area contributed by atoms with Gasteiger partial charge in [0.1, 0.15) is 17.2 Å². The fourth-order valence-electron chi connectivity index (χ4n) is 4.06. The fraction of sp³-hybridized carbons (Fsp3) is 0.455. The summed E-state index contributed by atoms with van der Waals surface area (Å²) in [6.45, 7) is 6.69. The number of carbonyl (C=O) groups excluding carboxylic acids is 1. The number of likely N-dealkylation sites (tertiary alicyclic amines) is 1. The van der Waals surface area contributed by atoms with Crippen molar-refractivity contribution in [1.82, 2.24) is 14.5 Å². The first kappa shape index (κ1) is 17.8. The molecular weight excluding hydrogens is 338 g/mol. The second-order valence-corrected chi connectivity index (χ2v) is 7.53. The number of fused-ring (bicyclic) bond motifs is 1. The summed E-state index contributed by atoms with van der Waals surface area (Å²) in [7, 11) is 0. The van der Waals surface area contributed by atoms with Crippen LogP contribution in [0.5, 0.6) is 0 Å². The van der Waals surface area contributed by atoms with Gasteiger partial charge < -0.3 is 13.9 Å². The van der Waals surface area contributed by atoms with Crippen molar-refractivity contribution in [1.29, 1.82) is 0 Å². The fourth-order valence-corrected chi connectivity index (χ4v) is 4.06. The molecule has 1 amide bonds. The second-order valence-electron chi connectivity index (χ2n) is 7.53. The first-order valence-corrected chi connectivity index (χ1v) is 9.96. The van der Waals surface area contributed by atoms with Gasteiger partial charge in [0.15, 0.2) is 0 Å². The van der Waals surface area contributed by atoms with Crippen LogP contribution in [0.4, 0.5) is 0 Å². The smallest absolute Gasteiger partial charge is 0.253 e. The highest BCUT2D eigenvalue weighted by Crippen LogP contribution is 2.28. The van der Waals surface area contributed by atoms with Crippen LogP contribution in [0.25, 0.3) is 11.0 Å². The van der Waals surface area contributed by atoms with Gasteiger partial charge in [-0.05, 0) is 50.5 Å². The Labute approximate surface area is 160 Å². The minimum atomic E-state index is 0.104. The Morgan fingerprint density at radius 1 is 1.33 bits per heavy atom. The molecule has 5 heteroatoms. The van der Waals surface area contributed by atoms with E-state index in [1.165, 1.54) is 6.42 Å². The van der Waals surface area contributed by atoms with Crippen LogP contribution in [-0.2, 0) is 6.54 Å². The Morgan fingerprint density at radius 2 is 2.22 bits per heavy atom. The molecule has 1 fully saturated rings. The van der Waals surface area contributed by atoms with Crippen molar-refractivity contribution in [3.05, 3.63) is 53.8 Å². The van der Waals surface area contributed by atoms with Crippen molar-refractivity contribution in [2.24, 2.45) is 0 Å². The zero-order valence-corrected chi connectivity index (χ0v) is 16.1. The maximum absolute atomic E-state index is 13.1. The lowest BCUT2D eigenvalue weighted by molar-refractivity contribution is 0.0703. The van der Waals surface area contributed by atoms with E-state index in [9.17, 15) is 4.79 Å². The van der Waals surface area contributed by atoms with Crippen LogP contribution in [0, 0.1) is 6.92 Å². The first-order valence-electron chi connectivity index (χ1n) is 9.96. The molecular formula is C22H27N3O2. The van der Waals surface area contributed by atoms with E-state index in [-0.39, 0.29) is 5.91 Å². The Morgan fingerprint density at radius 3 is 3.07 bits per heavy atom. The number of imidazole rings is 1. The molecule has 3 aromatic rings. The Hall–Kier alpha value is -2.56. The zero-order chi connectivity index (χ0) is 18.8. The van der Waals surface area contributed by atoms with Gasteiger partial charge in [-0.2, -0.15) is 0 Å². The molecule has 27 heavy (non-hydrogen) atoms. The van der Waals surface area contributed by atoms with Gasteiger partial charge in [-0.15, -0.1) is 0 Å². The van der Waals surface area contributed by atoms with Gasteiger partial charge >= 0.3 is 0 Å². The number of nitrogens with zero attached hydrogens (tertiary/aromatic N) is 3. The minimum absolute atomic E-state index is 0.104. The molecule has 0 aliphatic carbocycles. The molecule has 0 radical (unpaired) electrons. The Bertz CT molecular complexity index is 940. The Balaban J connectivity index is 1.51. The van der Waals surface area contributed by atoms with E-state index >= 15 is 0 Å². The topological polar surface area (TPSA) is 51.3 Å². The van der Waals surface area contributed by atoms with Crippen molar-refractivity contribution in [2.45, 2.75) is 52.0 Å². The van der Waals surface area contributed by atoms with E-state index in [1.54, 1.807) is 0 Å². The van der Waals surface area contributed by atoms with Crippen molar-refractivity contribution in [2.75, 3.05) is 13.1 Å². The summed E-state index contributed by atoms with van der Waals surface area (Å²) < 4.78 is 7.89. The van der Waals surface area contributed by atoms with Crippen LogP contribution < -0.4 is 0 Å². The van der Waals surface area contributed by atoms with Crippen molar-refractivity contribution >= 4 is 16.9 Å². The number of hydrogen-bond donors (Lipinski definition) is 0. The summed E-state index contributed by atoms with van der Waals surface area (Å²) >= 11 is 0. The molecule has 1 aliphatic rings. The molecule has 2 aromatic heterocycles. The summed E-state index contributed by atoms with van der Waals surface area (Å²) in [6, 6.07) is 7.70. The van der Waals surface area contributed by atoms with Gasteiger partial charge in [0.25, 0.3) is 5.91 Å². The number of unbranched alkanes of at least 4 members (excludes halogenated alkanes) is 1. The van der Waals surface area contributed by atoms with Gasteiger partial charge in [-0.1, -0.05) is 13.3 Å². The molecule has 3 heterocycles. The highest BCUT2D eigenvalue weighted by atomic mass is 16.3. The molecule has 0 spiro atoms. The number of piperidine rings is 1. The third-order valence-corrected chi connectivity index (χ3v) is 5.46. The monoisotopic (exact) mass is 365 g/mol. The highest BCUT2D eigenvalue weighted by Gasteiger charge is 2.28. The third-order valence-electron chi connectivity index (χ3n) is 5.46. The van der Waals surface area contributed by atoms with Gasteiger partial charge in [0.2, 0.25) is 0 Å². The molecule has 1 saturated heterocycles. The van der Waals surface area contributed by atoms with Crippen LogP contribution in [0.2, 0.25) is 0 Å². The molecule has 0 N–H and O–H groups in total. The van der Waals surface area contributed by atoms with E-state index < -0.39 is 0 Å². The predicted molar refractivity (Wildman–Crippen MR) is 106 cm³/mol. The summed E-state index contributed by atoms with van der Waals surface area (Å²) in [6.07, 6.45) is 8.39. The molecule has 0 bridgehead atoms. The van der Waals surface area contributed by atoms with Crippen molar-refractivity contribution in [3.8, 4) is 0 Å². The SMILES string of the molecule is CCCCn1ccnc1C1CCCN(C(=O)c2ccc3oc(C)cc3c2)C1. The number of amides is 1. The summed E-state index contributed by atoms with van der Waals surface area (Å²) in [5.41, 5.74) is 1.57. The van der Waals surface area contributed by atoms with Crippen LogP contribution >= 0.6 is 0 Å². The van der Waals surface area contributed by atoms with Crippen LogP contribution in [-0.4, -0.2) is 33.4 Å². The molecule has 1 aliphatic heterocycles. The lowest BCUT2D eigenvalue weighted by Gasteiger charge is -2.32. The number of hydrogen-bond acceptors (Lipinski definition) is 3. The number of aromatic nitrogens is 2. The maximum Gasteiger partial charge on any atom is 0.253 e. The maximum atomic E-state index is 13.1. The third kappa shape index (κ3) is 3.64. The number of carbonyl (C=O) groups is 1. The van der Waals surface area contributed by atoms with E-state index in [1.807, 2.05) is 42.3 Å². The van der Waals surface area contributed by atoms with Crippen LogP contribution in [0.3, 0.4) is 0 Å². The number of rotatable bonds is 5. The molecule has 1 unspecified atom stereocenters. The molecule has 4 rings (SSSR count). The van der Waals surface area contributed by atoms with Gasteiger partial charge in [-0.3, -0.25) is 4.79 Å². The second kappa shape index (κ2) is 7.59. The quantitative estimate of drug-likeness (QED) is 0.655. The average molecular weight is 365 g/mol. The standard InChI is InChI=1S/C22H27N3O2/c1-3-4-10-24-12-9-23-21(24)18-6-5-11-25(15-18)22(26)17-7-8-20-19(14-17)13-16(2)27-20/h7-9,12-14,18H,3-6,10-11,15H2,1-2H3. The van der Waals surface area contributed by atoms with E-state index in [0.29, 0.717) is 5.92 Å². The van der Waals surface area contributed by atoms with Crippen LogP contribution in [0.1, 0.15) is 60.5 Å². The van der Waals surface area contributed by atoms with Gasteiger partial charge in [0, 0.05) is 48.9 Å². The Kier molecular flexibility index (Phi) is 5.01. The number of benzene rings is 1. The summed E-state index contributed by atoms with van der Waals surface area (Å²) in [4.78, 5) is 19.7. The first-order chi connectivity index (χ1) is 13.2. The largest absolute Gasteiger partial charge is 0.461 e. The van der Waals surface area contributed by atoms with E-state index in [0.717, 1.165) is 67.0 Å². The van der Waals surface area contributed by atoms with Gasteiger partial charge in [-0.25, -0.2) is 4.98 Å². The van der Waals surface area contributed by atoms with E-state index in [4.69, 9.17) is 4.42 Å². The normalized spacial score (nSPS) is 17.6. The molecule has 142 valence electrons.